The van der Waals surface area contributed by atoms with Crippen molar-refractivity contribution in [2.45, 2.75) is 343 Å². The largest absolute Gasteiger partial charge is 0.472 e. The van der Waals surface area contributed by atoms with Gasteiger partial charge in [-0.1, -0.05) is 273 Å². The predicted molar refractivity (Wildman–Crippen MR) is 340 cm³/mol. The zero-order valence-corrected chi connectivity index (χ0v) is 56.9. The molecule has 0 aliphatic heterocycles. The van der Waals surface area contributed by atoms with Crippen molar-refractivity contribution in [3.8, 4) is 0 Å². The third-order valence-corrected chi connectivity index (χ3v) is 17.4. The highest BCUT2D eigenvalue weighted by molar-refractivity contribution is 7.47. The van der Waals surface area contributed by atoms with Crippen LogP contribution in [0.15, 0.2) is 0 Å². The predicted octanol–water partition coefficient (Wildman–Crippen LogP) is 18.3. The maximum Gasteiger partial charge on any atom is 0.472 e. The number of esters is 4. The van der Waals surface area contributed by atoms with Crippen molar-refractivity contribution in [1.82, 2.24) is 0 Å². The summed E-state index contributed by atoms with van der Waals surface area (Å²) >= 11 is 0. The van der Waals surface area contributed by atoms with E-state index in [-0.39, 0.29) is 25.7 Å². The van der Waals surface area contributed by atoms with Gasteiger partial charge in [-0.05, 0) is 43.4 Å². The molecular formula is C66H128O17P2. The summed E-state index contributed by atoms with van der Waals surface area (Å²) in [6.45, 7) is 11.6. The Hall–Kier alpha value is -1.94. The molecule has 85 heavy (non-hydrogen) atoms. The number of ether oxygens (including phenoxy) is 4. The summed E-state index contributed by atoms with van der Waals surface area (Å²) in [5, 5.41) is 10.5. The van der Waals surface area contributed by atoms with Gasteiger partial charge in [-0.25, -0.2) is 9.13 Å². The lowest BCUT2D eigenvalue weighted by molar-refractivity contribution is -0.161. The Morgan fingerprint density at radius 3 is 0.894 bits per heavy atom. The molecule has 0 fully saturated rings. The molecule has 0 saturated heterocycles. The van der Waals surface area contributed by atoms with E-state index < -0.39 is 97.5 Å². The van der Waals surface area contributed by atoms with Gasteiger partial charge >= 0.3 is 39.5 Å². The molecule has 0 heterocycles. The number of hydrogen-bond acceptors (Lipinski definition) is 15. The fraction of sp³-hybridized carbons (Fsp3) is 0.939. The molecule has 19 heteroatoms. The Morgan fingerprint density at radius 1 is 0.341 bits per heavy atom. The summed E-state index contributed by atoms with van der Waals surface area (Å²) in [4.78, 5) is 72.3. The van der Waals surface area contributed by atoms with Gasteiger partial charge in [0.1, 0.15) is 19.3 Å². The Balaban J connectivity index is 5.22. The van der Waals surface area contributed by atoms with E-state index >= 15 is 0 Å². The quantitative estimate of drug-likeness (QED) is 0.0222. The van der Waals surface area contributed by atoms with Crippen molar-refractivity contribution in [3.05, 3.63) is 0 Å². The average molecular weight is 1260 g/mol. The van der Waals surface area contributed by atoms with Crippen molar-refractivity contribution in [2.24, 2.45) is 17.8 Å². The maximum atomic E-state index is 13.0. The van der Waals surface area contributed by atoms with E-state index in [1.807, 2.05) is 0 Å². The standard InChI is InChI=1S/C66H128O17P2/c1-8-10-11-12-13-14-15-16-17-18-19-20-21-24-35-42-49-65(70)82-61(53-76-63(68)47-40-33-25-22-23-30-37-44-57(3)4)55-80-84(72,73)78-51-60(67)52-79-85(74,75)81-56-62(54-77-64(69)48-41-34-28-26-31-38-45-58(5)6)83-66(71)50-43-36-29-27-32-39-46-59(7)9-2/h57-62,67H,8-56H2,1-7H3,(H,72,73)(H,74,75)/t59?,60-,61-,62-/m1/s1. The molecule has 0 aromatic rings. The zero-order chi connectivity index (χ0) is 63.1. The van der Waals surface area contributed by atoms with E-state index in [9.17, 15) is 43.2 Å². The minimum atomic E-state index is -4.95. The van der Waals surface area contributed by atoms with Crippen molar-refractivity contribution >= 4 is 39.5 Å². The van der Waals surface area contributed by atoms with Gasteiger partial charge in [0.05, 0.1) is 26.4 Å². The van der Waals surface area contributed by atoms with E-state index in [2.05, 4.69) is 48.5 Å². The smallest absolute Gasteiger partial charge is 0.462 e. The van der Waals surface area contributed by atoms with Gasteiger partial charge in [0, 0.05) is 25.7 Å². The number of carbonyl (C=O) groups excluding carboxylic acids is 4. The molecule has 504 valence electrons. The Morgan fingerprint density at radius 2 is 0.600 bits per heavy atom. The zero-order valence-electron chi connectivity index (χ0n) is 55.1. The summed E-state index contributed by atoms with van der Waals surface area (Å²) in [5.41, 5.74) is 0. The average Bonchev–Trinajstić information content (AvgIpc) is 3.62. The van der Waals surface area contributed by atoms with E-state index in [0.29, 0.717) is 37.5 Å². The lowest BCUT2D eigenvalue weighted by atomic mass is 10.00. The van der Waals surface area contributed by atoms with Crippen LogP contribution in [0.3, 0.4) is 0 Å². The number of rotatable bonds is 64. The van der Waals surface area contributed by atoms with Crippen LogP contribution in [-0.2, 0) is 65.4 Å². The molecule has 0 aliphatic carbocycles. The summed E-state index contributed by atoms with van der Waals surface area (Å²) in [6, 6.07) is 0. The molecule has 0 bridgehead atoms. The molecule has 0 spiro atoms. The minimum Gasteiger partial charge on any atom is -0.462 e. The molecular weight excluding hydrogens is 1130 g/mol. The molecule has 0 rings (SSSR count). The highest BCUT2D eigenvalue weighted by Crippen LogP contribution is 2.45. The molecule has 0 amide bonds. The molecule has 3 unspecified atom stereocenters. The molecule has 0 radical (unpaired) electrons. The lowest BCUT2D eigenvalue weighted by Crippen LogP contribution is -2.30. The van der Waals surface area contributed by atoms with Crippen LogP contribution in [0, 0.1) is 17.8 Å². The first-order chi connectivity index (χ1) is 40.8. The number of hydrogen-bond donors (Lipinski definition) is 3. The van der Waals surface area contributed by atoms with Crippen molar-refractivity contribution < 1.29 is 80.2 Å². The number of phosphoric acid groups is 2. The topological polar surface area (TPSA) is 237 Å². The normalized spacial score (nSPS) is 14.6. The van der Waals surface area contributed by atoms with Gasteiger partial charge in [0.15, 0.2) is 12.2 Å². The maximum absolute atomic E-state index is 13.0. The summed E-state index contributed by atoms with van der Waals surface area (Å²) in [5.74, 6) is -0.0329. The summed E-state index contributed by atoms with van der Waals surface area (Å²) < 4.78 is 68.0. The van der Waals surface area contributed by atoms with Crippen LogP contribution in [0.2, 0.25) is 0 Å². The van der Waals surface area contributed by atoms with E-state index in [4.69, 9.17) is 37.0 Å². The minimum absolute atomic E-state index is 0.102. The van der Waals surface area contributed by atoms with E-state index in [0.717, 1.165) is 109 Å². The number of carbonyl (C=O) groups is 4. The number of unbranched alkanes of at least 4 members (excludes halogenated alkanes) is 31. The van der Waals surface area contributed by atoms with Crippen LogP contribution in [0.25, 0.3) is 0 Å². The second-order valence-electron chi connectivity index (χ2n) is 25.1. The van der Waals surface area contributed by atoms with Gasteiger partial charge in [-0.15, -0.1) is 0 Å². The van der Waals surface area contributed by atoms with Gasteiger partial charge in [-0.2, -0.15) is 0 Å². The third kappa shape index (κ3) is 59.5. The molecule has 3 N–H and O–H groups in total. The lowest BCUT2D eigenvalue weighted by Gasteiger charge is -2.21. The second kappa shape index (κ2) is 57.2. The van der Waals surface area contributed by atoms with Crippen LogP contribution in [0.5, 0.6) is 0 Å². The van der Waals surface area contributed by atoms with E-state index in [1.165, 1.54) is 122 Å². The molecule has 0 aromatic heterocycles. The number of aliphatic hydroxyl groups excluding tert-OH is 1. The van der Waals surface area contributed by atoms with Crippen LogP contribution in [0.1, 0.15) is 325 Å². The first kappa shape index (κ1) is 83.1. The summed E-state index contributed by atoms with van der Waals surface area (Å²) in [6.07, 6.45) is 39.2. The Kier molecular flexibility index (Phi) is 55.9. The molecule has 17 nitrogen and oxygen atoms in total. The van der Waals surface area contributed by atoms with Gasteiger partial charge in [0.25, 0.3) is 0 Å². The highest BCUT2D eigenvalue weighted by atomic mass is 31.2. The first-order valence-electron chi connectivity index (χ1n) is 34.4. The van der Waals surface area contributed by atoms with Crippen LogP contribution in [0.4, 0.5) is 0 Å². The number of aliphatic hydroxyl groups is 1. The van der Waals surface area contributed by atoms with Gasteiger partial charge in [0.2, 0.25) is 0 Å². The molecule has 0 aromatic carbocycles. The Labute approximate surface area is 517 Å². The van der Waals surface area contributed by atoms with Crippen LogP contribution >= 0.6 is 15.6 Å². The van der Waals surface area contributed by atoms with Crippen molar-refractivity contribution in [2.75, 3.05) is 39.6 Å². The fourth-order valence-electron chi connectivity index (χ4n) is 9.80. The van der Waals surface area contributed by atoms with Crippen molar-refractivity contribution in [3.63, 3.8) is 0 Å². The van der Waals surface area contributed by atoms with Crippen molar-refractivity contribution in [1.29, 1.82) is 0 Å². The first-order valence-corrected chi connectivity index (χ1v) is 37.4. The summed E-state index contributed by atoms with van der Waals surface area (Å²) in [7, 11) is -9.89. The molecule has 6 atom stereocenters. The van der Waals surface area contributed by atoms with E-state index in [1.54, 1.807) is 0 Å². The fourth-order valence-corrected chi connectivity index (χ4v) is 11.4. The second-order valence-corrected chi connectivity index (χ2v) is 28.0. The van der Waals surface area contributed by atoms with Crippen LogP contribution in [-0.4, -0.2) is 96.7 Å². The Bertz CT molecular complexity index is 1680. The highest BCUT2D eigenvalue weighted by Gasteiger charge is 2.30. The molecule has 0 aliphatic rings. The monoisotopic (exact) mass is 1250 g/mol. The SMILES string of the molecule is CCCCCCCCCCCCCCCCCCC(=O)O[C@H](COC(=O)CCCCCCCCCC(C)C)COP(=O)(O)OC[C@@H](O)COP(=O)(O)OC[C@@H](COC(=O)CCCCCCCCC(C)C)OC(=O)CCCCCCCCC(C)CC. The van der Waals surface area contributed by atoms with Gasteiger partial charge in [-0.3, -0.25) is 37.3 Å². The van der Waals surface area contributed by atoms with Gasteiger partial charge < -0.3 is 33.8 Å². The number of phosphoric ester groups is 2. The van der Waals surface area contributed by atoms with Crippen LogP contribution < -0.4 is 0 Å². The molecule has 0 saturated carbocycles. The third-order valence-electron chi connectivity index (χ3n) is 15.5.